The molecule has 18 heavy (non-hydrogen) atoms. The van der Waals surface area contributed by atoms with Crippen LogP contribution in [0.1, 0.15) is 24.0 Å². The van der Waals surface area contributed by atoms with Crippen molar-refractivity contribution in [2.75, 3.05) is 20.3 Å². The zero-order valence-corrected chi connectivity index (χ0v) is 10.9. The second-order valence-corrected chi connectivity index (χ2v) is 5.28. The zero-order valence-electron chi connectivity index (χ0n) is 10.9. The van der Waals surface area contributed by atoms with E-state index in [0.717, 1.165) is 37.8 Å². The molecule has 98 valence electrons. The van der Waals surface area contributed by atoms with E-state index < -0.39 is 0 Å². The minimum Gasteiger partial charge on any atom is -0.497 e. The second kappa shape index (κ2) is 5.29. The summed E-state index contributed by atoms with van der Waals surface area (Å²) in [7, 11) is 1.73. The maximum absolute atomic E-state index is 5.45. The fourth-order valence-electron chi connectivity index (χ4n) is 3.09. The lowest BCUT2D eigenvalue weighted by molar-refractivity contribution is 0.0526. The van der Waals surface area contributed by atoms with Gasteiger partial charge >= 0.3 is 0 Å². The molecule has 1 atom stereocenters. The van der Waals surface area contributed by atoms with E-state index in [1.54, 1.807) is 7.11 Å². The molecule has 0 unspecified atom stereocenters. The highest BCUT2D eigenvalue weighted by atomic mass is 16.5. The van der Waals surface area contributed by atoms with Crippen molar-refractivity contribution in [2.45, 2.75) is 31.8 Å². The number of methoxy groups -OCH3 is 1. The summed E-state index contributed by atoms with van der Waals surface area (Å²) in [4.78, 5) is 0. The molecule has 2 heterocycles. The van der Waals surface area contributed by atoms with Crippen LogP contribution in [-0.2, 0) is 17.7 Å². The summed E-state index contributed by atoms with van der Waals surface area (Å²) in [5.41, 5.74) is 2.86. The first kappa shape index (κ1) is 12.0. The van der Waals surface area contributed by atoms with E-state index in [1.165, 1.54) is 24.0 Å². The van der Waals surface area contributed by atoms with Crippen molar-refractivity contribution in [3.8, 4) is 5.75 Å². The maximum atomic E-state index is 5.45. The Morgan fingerprint density at radius 3 is 2.83 bits per heavy atom. The number of ether oxygens (including phenoxy) is 2. The first-order valence-corrected chi connectivity index (χ1v) is 6.84. The molecule has 0 spiro atoms. The third-order valence-corrected chi connectivity index (χ3v) is 4.24. The molecule has 3 heteroatoms. The van der Waals surface area contributed by atoms with Crippen LogP contribution in [0.3, 0.4) is 0 Å². The van der Waals surface area contributed by atoms with Crippen molar-refractivity contribution in [1.29, 1.82) is 0 Å². The van der Waals surface area contributed by atoms with Crippen LogP contribution in [0.5, 0.6) is 5.75 Å². The van der Waals surface area contributed by atoms with Crippen LogP contribution >= 0.6 is 0 Å². The lowest BCUT2D eigenvalue weighted by Crippen LogP contribution is -2.43. The van der Waals surface area contributed by atoms with Gasteiger partial charge in [0, 0.05) is 25.8 Å². The standard InChI is InChI=1S/C15H21NO2/c1-17-14-3-2-12-10-16-15(9-13(12)8-14)11-4-6-18-7-5-11/h2-3,8,11,15-16H,4-7,9-10H2,1H3/t15-/m1/s1. The third kappa shape index (κ3) is 2.38. The number of rotatable bonds is 2. The summed E-state index contributed by atoms with van der Waals surface area (Å²) in [5.74, 6) is 1.74. The normalized spacial score (nSPS) is 24.6. The second-order valence-electron chi connectivity index (χ2n) is 5.28. The van der Waals surface area contributed by atoms with E-state index in [1.807, 2.05) is 0 Å². The highest BCUT2D eigenvalue weighted by Gasteiger charge is 2.27. The average molecular weight is 247 g/mol. The Morgan fingerprint density at radius 2 is 2.06 bits per heavy atom. The van der Waals surface area contributed by atoms with Crippen molar-refractivity contribution in [3.63, 3.8) is 0 Å². The van der Waals surface area contributed by atoms with Gasteiger partial charge in [0.15, 0.2) is 0 Å². The van der Waals surface area contributed by atoms with Crippen molar-refractivity contribution in [2.24, 2.45) is 5.92 Å². The Balaban J connectivity index is 1.74. The summed E-state index contributed by atoms with van der Waals surface area (Å²) in [5, 5.41) is 3.69. The molecule has 0 aliphatic carbocycles. The van der Waals surface area contributed by atoms with Crippen LogP contribution in [0.2, 0.25) is 0 Å². The molecule has 1 N–H and O–H groups in total. The number of hydrogen-bond donors (Lipinski definition) is 1. The fourth-order valence-corrected chi connectivity index (χ4v) is 3.09. The van der Waals surface area contributed by atoms with Crippen LogP contribution in [0, 0.1) is 5.92 Å². The molecule has 0 amide bonds. The minimum atomic E-state index is 0.605. The zero-order chi connectivity index (χ0) is 12.4. The van der Waals surface area contributed by atoms with Gasteiger partial charge in [-0.05, 0) is 48.4 Å². The fraction of sp³-hybridized carbons (Fsp3) is 0.600. The van der Waals surface area contributed by atoms with Crippen LogP contribution in [0.4, 0.5) is 0 Å². The Labute approximate surface area is 108 Å². The van der Waals surface area contributed by atoms with Crippen molar-refractivity contribution in [3.05, 3.63) is 29.3 Å². The Hall–Kier alpha value is -1.06. The van der Waals surface area contributed by atoms with E-state index in [-0.39, 0.29) is 0 Å². The van der Waals surface area contributed by atoms with Gasteiger partial charge in [-0.1, -0.05) is 6.07 Å². The molecule has 3 rings (SSSR count). The Bertz CT molecular complexity index is 413. The maximum Gasteiger partial charge on any atom is 0.119 e. The van der Waals surface area contributed by atoms with Gasteiger partial charge in [0.1, 0.15) is 5.75 Å². The van der Waals surface area contributed by atoms with Gasteiger partial charge in [0.25, 0.3) is 0 Å². The van der Waals surface area contributed by atoms with E-state index in [9.17, 15) is 0 Å². The molecule has 0 bridgehead atoms. The third-order valence-electron chi connectivity index (χ3n) is 4.24. The Morgan fingerprint density at radius 1 is 1.22 bits per heavy atom. The van der Waals surface area contributed by atoms with E-state index in [0.29, 0.717) is 6.04 Å². The number of nitrogens with one attached hydrogen (secondary N) is 1. The summed E-state index contributed by atoms with van der Waals surface area (Å²) < 4.78 is 10.8. The summed E-state index contributed by atoms with van der Waals surface area (Å²) in [6.07, 6.45) is 3.51. The predicted molar refractivity (Wildman–Crippen MR) is 70.9 cm³/mol. The highest BCUT2D eigenvalue weighted by molar-refractivity contribution is 5.37. The van der Waals surface area contributed by atoms with Crippen LogP contribution in [-0.4, -0.2) is 26.4 Å². The van der Waals surface area contributed by atoms with Gasteiger partial charge in [-0.25, -0.2) is 0 Å². The lowest BCUT2D eigenvalue weighted by atomic mass is 9.84. The summed E-state index contributed by atoms with van der Waals surface area (Å²) in [6, 6.07) is 7.03. The summed E-state index contributed by atoms with van der Waals surface area (Å²) >= 11 is 0. The van der Waals surface area contributed by atoms with Crippen LogP contribution in [0.25, 0.3) is 0 Å². The van der Waals surface area contributed by atoms with Gasteiger partial charge in [-0.3, -0.25) is 0 Å². The highest BCUT2D eigenvalue weighted by Crippen LogP contribution is 2.28. The van der Waals surface area contributed by atoms with E-state index in [4.69, 9.17) is 9.47 Å². The van der Waals surface area contributed by atoms with Gasteiger partial charge in [0.05, 0.1) is 7.11 Å². The van der Waals surface area contributed by atoms with Gasteiger partial charge in [0.2, 0.25) is 0 Å². The molecular formula is C15H21NO2. The SMILES string of the molecule is COc1ccc2c(c1)C[C@H](C1CCOCC1)NC2. The van der Waals surface area contributed by atoms with Gasteiger partial charge in [-0.2, -0.15) is 0 Å². The summed E-state index contributed by atoms with van der Waals surface area (Å²) in [6.45, 7) is 2.84. The molecule has 0 saturated carbocycles. The predicted octanol–water partition coefficient (Wildman–Crippen LogP) is 2.14. The molecule has 2 aliphatic rings. The molecule has 1 aromatic rings. The van der Waals surface area contributed by atoms with Crippen molar-refractivity contribution >= 4 is 0 Å². The Kier molecular flexibility index (Phi) is 3.52. The van der Waals surface area contributed by atoms with Crippen LogP contribution in [0.15, 0.2) is 18.2 Å². The minimum absolute atomic E-state index is 0.605. The number of benzene rings is 1. The first-order chi connectivity index (χ1) is 8.86. The molecule has 3 nitrogen and oxygen atoms in total. The van der Waals surface area contributed by atoms with E-state index in [2.05, 4.69) is 23.5 Å². The van der Waals surface area contributed by atoms with E-state index >= 15 is 0 Å². The molecular weight excluding hydrogens is 226 g/mol. The molecule has 1 saturated heterocycles. The lowest BCUT2D eigenvalue weighted by Gasteiger charge is -2.34. The topological polar surface area (TPSA) is 30.5 Å². The monoisotopic (exact) mass is 247 g/mol. The van der Waals surface area contributed by atoms with Crippen molar-refractivity contribution in [1.82, 2.24) is 5.32 Å². The van der Waals surface area contributed by atoms with Gasteiger partial charge < -0.3 is 14.8 Å². The number of hydrogen-bond acceptors (Lipinski definition) is 3. The first-order valence-electron chi connectivity index (χ1n) is 6.84. The average Bonchev–Trinajstić information content (AvgIpc) is 2.47. The quantitative estimate of drug-likeness (QED) is 0.868. The molecule has 1 fully saturated rings. The molecule has 0 radical (unpaired) electrons. The van der Waals surface area contributed by atoms with Crippen LogP contribution < -0.4 is 10.1 Å². The molecule has 1 aromatic carbocycles. The van der Waals surface area contributed by atoms with Gasteiger partial charge in [-0.15, -0.1) is 0 Å². The number of fused-ring (bicyclic) bond motifs is 1. The smallest absolute Gasteiger partial charge is 0.119 e. The van der Waals surface area contributed by atoms with Crippen molar-refractivity contribution < 1.29 is 9.47 Å². The molecule has 2 aliphatic heterocycles. The largest absolute Gasteiger partial charge is 0.497 e. The molecule has 0 aromatic heterocycles.